The summed E-state index contributed by atoms with van der Waals surface area (Å²) in [6.07, 6.45) is 3.15. The van der Waals surface area contributed by atoms with Gasteiger partial charge in [-0.05, 0) is 67.0 Å². The summed E-state index contributed by atoms with van der Waals surface area (Å²) in [5, 5.41) is 0. The van der Waals surface area contributed by atoms with Crippen molar-refractivity contribution in [3.8, 4) is 22.5 Å². The summed E-state index contributed by atoms with van der Waals surface area (Å²) in [5.41, 5.74) is 6.48. The number of carbonyl (C=O) groups is 1. The van der Waals surface area contributed by atoms with Crippen LogP contribution in [0.2, 0.25) is 0 Å². The van der Waals surface area contributed by atoms with Gasteiger partial charge in [0.15, 0.2) is 0 Å². The molecule has 1 atom stereocenters. The first-order valence-electron chi connectivity index (χ1n) is 12.2. The first-order valence-corrected chi connectivity index (χ1v) is 12.2. The van der Waals surface area contributed by atoms with Gasteiger partial charge < -0.3 is 9.47 Å². The Bertz CT molecular complexity index is 1350. The first kappa shape index (κ1) is 21.1. The Morgan fingerprint density at radius 2 is 1.62 bits per heavy atom. The number of hydrogen-bond donors (Lipinski definition) is 0. The van der Waals surface area contributed by atoms with Crippen LogP contribution in [-0.2, 0) is 11.3 Å². The van der Waals surface area contributed by atoms with Crippen molar-refractivity contribution < 1.29 is 9.18 Å². The SMILES string of the molecule is Cc1cccc2nc(-c3ccc(-c4ccc(F)cc4)cc3)n(C[C@@H]3CCN(C(=O)C4CC4)C3)c12. The second-order valence-corrected chi connectivity index (χ2v) is 9.79. The zero-order chi connectivity index (χ0) is 23.2. The Balaban J connectivity index is 1.33. The van der Waals surface area contributed by atoms with Crippen LogP contribution in [0, 0.1) is 24.6 Å². The normalized spacial score (nSPS) is 18.1. The predicted molar refractivity (Wildman–Crippen MR) is 133 cm³/mol. The monoisotopic (exact) mass is 453 g/mol. The number of fused-ring (bicyclic) bond motifs is 1. The van der Waals surface area contributed by atoms with Gasteiger partial charge in [-0.25, -0.2) is 9.37 Å². The molecule has 0 unspecified atom stereocenters. The highest BCUT2D eigenvalue weighted by atomic mass is 19.1. The van der Waals surface area contributed by atoms with Gasteiger partial charge in [-0.1, -0.05) is 48.5 Å². The van der Waals surface area contributed by atoms with E-state index in [9.17, 15) is 9.18 Å². The molecule has 4 nitrogen and oxygen atoms in total. The van der Waals surface area contributed by atoms with Crippen LogP contribution in [0.15, 0.2) is 66.7 Å². The van der Waals surface area contributed by atoms with Gasteiger partial charge in [0.2, 0.25) is 5.91 Å². The van der Waals surface area contributed by atoms with Crippen molar-refractivity contribution in [3.63, 3.8) is 0 Å². The number of para-hydroxylation sites is 1. The van der Waals surface area contributed by atoms with Crippen LogP contribution in [0.1, 0.15) is 24.8 Å². The molecule has 1 aliphatic carbocycles. The van der Waals surface area contributed by atoms with Crippen molar-refractivity contribution in [2.24, 2.45) is 11.8 Å². The lowest BCUT2D eigenvalue weighted by Gasteiger charge is -2.18. The molecule has 1 saturated heterocycles. The van der Waals surface area contributed by atoms with E-state index in [2.05, 4.69) is 58.9 Å². The summed E-state index contributed by atoms with van der Waals surface area (Å²) in [6, 6.07) is 21.2. The molecule has 1 amide bonds. The van der Waals surface area contributed by atoms with E-state index < -0.39 is 0 Å². The Hall–Kier alpha value is -3.47. The average molecular weight is 454 g/mol. The predicted octanol–water partition coefficient (Wildman–Crippen LogP) is 6.08. The number of nitrogens with zero attached hydrogens (tertiary/aromatic N) is 3. The molecule has 3 aromatic carbocycles. The lowest BCUT2D eigenvalue weighted by molar-refractivity contribution is -0.131. The molecule has 0 N–H and O–H groups in total. The van der Waals surface area contributed by atoms with Crippen LogP contribution in [0.5, 0.6) is 0 Å². The van der Waals surface area contributed by atoms with Crippen LogP contribution < -0.4 is 0 Å². The number of aromatic nitrogens is 2. The highest BCUT2D eigenvalue weighted by Crippen LogP contribution is 2.35. The van der Waals surface area contributed by atoms with E-state index in [1.54, 1.807) is 12.1 Å². The third kappa shape index (κ3) is 3.89. The third-order valence-electron chi connectivity index (χ3n) is 7.25. The minimum Gasteiger partial charge on any atom is -0.342 e. The van der Waals surface area contributed by atoms with Gasteiger partial charge in [0.1, 0.15) is 11.6 Å². The van der Waals surface area contributed by atoms with Gasteiger partial charge in [0.05, 0.1) is 11.0 Å². The first-order chi connectivity index (χ1) is 16.6. The molecule has 2 aliphatic rings. The second kappa shape index (κ2) is 8.39. The van der Waals surface area contributed by atoms with Gasteiger partial charge in [-0.2, -0.15) is 0 Å². The van der Waals surface area contributed by atoms with Crippen LogP contribution in [-0.4, -0.2) is 33.4 Å². The molecule has 0 spiro atoms. The third-order valence-corrected chi connectivity index (χ3v) is 7.25. The number of amides is 1. The fourth-order valence-electron chi connectivity index (χ4n) is 5.25. The van der Waals surface area contributed by atoms with E-state index in [1.807, 2.05) is 0 Å². The van der Waals surface area contributed by atoms with E-state index in [0.29, 0.717) is 11.8 Å². The Morgan fingerprint density at radius 3 is 2.32 bits per heavy atom. The molecule has 0 bridgehead atoms. The molecule has 6 rings (SSSR count). The van der Waals surface area contributed by atoms with E-state index in [-0.39, 0.29) is 11.7 Å². The van der Waals surface area contributed by atoms with Crippen molar-refractivity contribution in [1.29, 1.82) is 0 Å². The standard InChI is InChI=1S/C29H28FN3O/c1-19-3-2-4-26-27(19)33(18-20-15-16-32(17-20)29(34)24-9-10-24)28(31-26)23-7-5-21(6-8-23)22-11-13-25(30)14-12-22/h2-8,11-14,20,24H,9-10,15-18H2,1H3/t20-/m1/s1. The van der Waals surface area contributed by atoms with Gasteiger partial charge in [0.25, 0.3) is 0 Å². The highest BCUT2D eigenvalue weighted by molar-refractivity contribution is 5.84. The number of hydrogen-bond acceptors (Lipinski definition) is 2. The maximum Gasteiger partial charge on any atom is 0.225 e. The van der Waals surface area contributed by atoms with Gasteiger partial charge >= 0.3 is 0 Å². The molecule has 1 aromatic heterocycles. The summed E-state index contributed by atoms with van der Waals surface area (Å²) in [5.74, 6) is 1.80. The molecule has 34 heavy (non-hydrogen) atoms. The number of aryl methyl sites for hydroxylation is 1. The Labute approximate surface area is 199 Å². The Morgan fingerprint density at radius 1 is 0.941 bits per heavy atom. The van der Waals surface area contributed by atoms with E-state index in [4.69, 9.17) is 4.98 Å². The summed E-state index contributed by atoms with van der Waals surface area (Å²) in [6.45, 7) is 4.70. The maximum absolute atomic E-state index is 13.3. The maximum atomic E-state index is 13.3. The summed E-state index contributed by atoms with van der Waals surface area (Å²) in [4.78, 5) is 19.7. The number of rotatable bonds is 5. The molecule has 4 aromatic rings. The van der Waals surface area contributed by atoms with E-state index >= 15 is 0 Å². The van der Waals surface area contributed by atoms with Crippen molar-refractivity contribution in [1.82, 2.24) is 14.5 Å². The van der Waals surface area contributed by atoms with Crippen LogP contribution in [0.4, 0.5) is 4.39 Å². The van der Waals surface area contributed by atoms with Gasteiger partial charge in [0, 0.05) is 31.1 Å². The largest absolute Gasteiger partial charge is 0.342 e. The van der Waals surface area contributed by atoms with Crippen molar-refractivity contribution in [2.75, 3.05) is 13.1 Å². The van der Waals surface area contributed by atoms with Gasteiger partial charge in [-0.15, -0.1) is 0 Å². The fraction of sp³-hybridized carbons (Fsp3) is 0.310. The molecule has 1 aliphatic heterocycles. The zero-order valence-electron chi connectivity index (χ0n) is 19.4. The summed E-state index contributed by atoms with van der Waals surface area (Å²) < 4.78 is 15.7. The van der Waals surface area contributed by atoms with Crippen molar-refractivity contribution in [2.45, 2.75) is 32.7 Å². The van der Waals surface area contributed by atoms with Crippen molar-refractivity contribution in [3.05, 3.63) is 78.1 Å². The molecule has 1 saturated carbocycles. The minimum absolute atomic E-state index is 0.228. The highest BCUT2D eigenvalue weighted by Gasteiger charge is 2.36. The lowest BCUT2D eigenvalue weighted by atomic mass is 10.0. The van der Waals surface area contributed by atoms with E-state index in [1.165, 1.54) is 23.2 Å². The number of benzene rings is 3. The van der Waals surface area contributed by atoms with Gasteiger partial charge in [-0.3, -0.25) is 4.79 Å². The fourth-order valence-corrected chi connectivity index (χ4v) is 5.25. The zero-order valence-corrected chi connectivity index (χ0v) is 19.4. The topological polar surface area (TPSA) is 38.1 Å². The average Bonchev–Trinajstić information content (AvgIpc) is 3.49. The summed E-state index contributed by atoms with van der Waals surface area (Å²) >= 11 is 0. The second-order valence-electron chi connectivity index (χ2n) is 9.79. The molecule has 172 valence electrons. The van der Waals surface area contributed by atoms with Crippen LogP contribution in [0.25, 0.3) is 33.5 Å². The molecule has 2 heterocycles. The van der Waals surface area contributed by atoms with Crippen LogP contribution in [0.3, 0.4) is 0 Å². The molecule has 0 radical (unpaired) electrons. The van der Waals surface area contributed by atoms with Crippen molar-refractivity contribution >= 4 is 16.9 Å². The van der Waals surface area contributed by atoms with E-state index in [0.717, 1.165) is 66.9 Å². The Kier molecular flexibility index (Phi) is 5.20. The quantitative estimate of drug-likeness (QED) is 0.367. The number of likely N-dealkylation sites (tertiary alicyclic amines) is 1. The molecular formula is C29H28FN3O. The molecule has 2 fully saturated rings. The lowest BCUT2D eigenvalue weighted by Crippen LogP contribution is -2.30. The minimum atomic E-state index is -0.228. The molecule has 5 heteroatoms. The number of imidazole rings is 1. The number of carbonyl (C=O) groups excluding carboxylic acids is 1. The molecular weight excluding hydrogens is 425 g/mol. The smallest absolute Gasteiger partial charge is 0.225 e. The number of halogens is 1. The summed E-state index contributed by atoms with van der Waals surface area (Å²) in [7, 11) is 0. The van der Waals surface area contributed by atoms with Crippen LogP contribution >= 0.6 is 0 Å².